The Kier molecular flexibility index (Phi) is 6.08. The van der Waals surface area contributed by atoms with Gasteiger partial charge in [0.1, 0.15) is 0 Å². The van der Waals surface area contributed by atoms with Crippen LogP contribution in [0.3, 0.4) is 0 Å². The molecule has 102 valence electrons. The van der Waals surface area contributed by atoms with Crippen molar-refractivity contribution in [2.75, 3.05) is 25.5 Å². The van der Waals surface area contributed by atoms with Crippen LogP contribution in [0.2, 0.25) is 0 Å². The van der Waals surface area contributed by atoms with Gasteiger partial charge in [-0.2, -0.15) is 0 Å². The summed E-state index contributed by atoms with van der Waals surface area (Å²) in [5.74, 6) is -0.681. The molecule has 0 radical (unpaired) electrons. The van der Waals surface area contributed by atoms with Crippen LogP contribution >= 0.6 is 0 Å². The SMILES string of the molecule is COC(=O)CCNC(=O)CNc1cccccc1=O. The second-order valence-corrected chi connectivity index (χ2v) is 3.72. The van der Waals surface area contributed by atoms with Crippen LogP contribution in [-0.2, 0) is 14.3 Å². The van der Waals surface area contributed by atoms with Gasteiger partial charge in [-0.05, 0) is 12.1 Å². The molecule has 0 aliphatic heterocycles. The average molecular weight is 264 g/mol. The Morgan fingerprint density at radius 1 is 1.21 bits per heavy atom. The van der Waals surface area contributed by atoms with E-state index in [-0.39, 0.29) is 36.8 Å². The summed E-state index contributed by atoms with van der Waals surface area (Å²) in [6.07, 6.45) is 0.120. The van der Waals surface area contributed by atoms with Crippen LogP contribution < -0.4 is 16.1 Å². The highest BCUT2D eigenvalue weighted by Gasteiger charge is 2.04. The van der Waals surface area contributed by atoms with Crippen LogP contribution in [0.25, 0.3) is 0 Å². The fourth-order valence-corrected chi connectivity index (χ4v) is 1.32. The molecule has 0 saturated carbocycles. The zero-order valence-corrected chi connectivity index (χ0v) is 10.6. The molecule has 0 saturated heterocycles. The zero-order chi connectivity index (χ0) is 14.1. The molecule has 1 amide bonds. The van der Waals surface area contributed by atoms with Gasteiger partial charge in [0.2, 0.25) is 11.3 Å². The Labute approximate surface area is 110 Å². The third kappa shape index (κ3) is 5.67. The maximum Gasteiger partial charge on any atom is 0.307 e. The van der Waals surface area contributed by atoms with Crippen molar-refractivity contribution in [1.82, 2.24) is 5.32 Å². The number of methoxy groups -OCH3 is 1. The predicted octanol–water partition coefficient (Wildman–Crippen LogP) is 0.138. The second kappa shape index (κ2) is 7.86. The summed E-state index contributed by atoms with van der Waals surface area (Å²) in [6, 6.07) is 8.08. The maximum absolute atomic E-state index is 11.5. The smallest absolute Gasteiger partial charge is 0.307 e. The summed E-state index contributed by atoms with van der Waals surface area (Å²) in [6.45, 7) is 0.181. The highest BCUT2D eigenvalue weighted by atomic mass is 16.5. The summed E-state index contributed by atoms with van der Waals surface area (Å²) in [7, 11) is 1.29. The molecule has 0 aliphatic carbocycles. The molecule has 2 N–H and O–H groups in total. The lowest BCUT2D eigenvalue weighted by Gasteiger charge is -2.05. The molecule has 0 unspecified atom stereocenters. The number of nitrogens with one attached hydrogen (secondary N) is 2. The van der Waals surface area contributed by atoms with E-state index >= 15 is 0 Å². The van der Waals surface area contributed by atoms with Gasteiger partial charge in [0.25, 0.3) is 0 Å². The molecule has 19 heavy (non-hydrogen) atoms. The number of hydrogen-bond donors (Lipinski definition) is 2. The second-order valence-electron chi connectivity index (χ2n) is 3.72. The minimum Gasteiger partial charge on any atom is -0.469 e. The summed E-state index contributed by atoms with van der Waals surface area (Å²) in [5, 5.41) is 5.29. The van der Waals surface area contributed by atoms with Crippen molar-refractivity contribution in [3.63, 3.8) is 0 Å². The van der Waals surface area contributed by atoms with Gasteiger partial charge in [-0.1, -0.05) is 18.2 Å². The van der Waals surface area contributed by atoms with E-state index in [1.807, 2.05) is 0 Å². The van der Waals surface area contributed by atoms with Crippen LogP contribution in [0.5, 0.6) is 0 Å². The van der Waals surface area contributed by atoms with Crippen LogP contribution in [0.1, 0.15) is 6.42 Å². The van der Waals surface area contributed by atoms with Crippen molar-refractivity contribution in [2.45, 2.75) is 6.42 Å². The molecule has 0 spiro atoms. The summed E-state index contributed by atoms with van der Waals surface area (Å²) >= 11 is 0. The van der Waals surface area contributed by atoms with Gasteiger partial charge in [-0.25, -0.2) is 0 Å². The first-order valence-electron chi connectivity index (χ1n) is 5.80. The van der Waals surface area contributed by atoms with E-state index in [4.69, 9.17) is 0 Å². The molecule has 1 aromatic rings. The van der Waals surface area contributed by atoms with Crippen molar-refractivity contribution < 1.29 is 14.3 Å². The third-order valence-corrected chi connectivity index (χ3v) is 2.32. The molecule has 1 aromatic carbocycles. The number of rotatable bonds is 6. The molecule has 0 fully saturated rings. The van der Waals surface area contributed by atoms with Gasteiger partial charge in [-0.15, -0.1) is 0 Å². The first kappa shape index (κ1) is 14.7. The zero-order valence-electron chi connectivity index (χ0n) is 10.6. The number of hydrogen-bond acceptors (Lipinski definition) is 5. The van der Waals surface area contributed by atoms with E-state index in [2.05, 4.69) is 15.4 Å². The summed E-state index contributed by atoms with van der Waals surface area (Å²) in [4.78, 5) is 33.8. The van der Waals surface area contributed by atoms with Crippen molar-refractivity contribution in [1.29, 1.82) is 0 Å². The van der Waals surface area contributed by atoms with E-state index in [1.165, 1.54) is 13.2 Å². The van der Waals surface area contributed by atoms with Crippen LogP contribution in [-0.4, -0.2) is 32.1 Å². The fraction of sp³-hybridized carbons (Fsp3) is 0.308. The minimum atomic E-state index is -0.384. The van der Waals surface area contributed by atoms with Gasteiger partial charge in [0.15, 0.2) is 0 Å². The fourth-order valence-electron chi connectivity index (χ4n) is 1.32. The van der Waals surface area contributed by atoms with Crippen molar-refractivity contribution >= 4 is 17.6 Å². The standard InChI is InChI=1S/C13H16N2O4/c1-19-13(18)7-8-14-12(17)9-15-10-5-3-2-4-6-11(10)16/h2-6H,7-9H2,1H3,(H,14,17)(H,15,16). The molecule has 0 heterocycles. The number of amides is 1. The lowest BCUT2D eigenvalue weighted by atomic mass is 10.4. The molecule has 6 heteroatoms. The third-order valence-electron chi connectivity index (χ3n) is 2.32. The van der Waals surface area contributed by atoms with Crippen LogP contribution in [0.4, 0.5) is 5.69 Å². The number of carbonyl (C=O) groups is 2. The van der Waals surface area contributed by atoms with E-state index in [0.717, 1.165) is 0 Å². The number of carbonyl (C=O) groups excluding carboxylic acids is 2. The first-order chi connectivity index (χ1) is 9.13. The number of esters is 1. The number of anilines is 1. The van der Waals surface area contributed by atoms with Gasteiger partial charge >= 0.3 is 5.97 Å². The summed E-state index contributed by atoms with van der Waals surface area (Å²) < 4.78 is 4.44. The topological polar surface area (TPSA) is 84.5 Å². The Balaban J connectivity index is 2.37. The monoisotopic (exact) mass is 264 g/mol. The van der Waals surface area contributed by atoms with Crippen molar-refractivity contribution in [3.8, 4) is 0 Å². The van der Waals surface area contributed by atoms with E-state index in [0.29, 0.717) is 5.69 Å². The van der Waals surface area contributed by atoms with Crippen LogP contribution in [0, 0.1) is 0 Å². The molecule has 6 nitrogen and oxygen atoms in total. The highest BCUT2D eigenvalue weighted by molar-refractivity contribution is 5.81. The minimum absolute atomic E-state index is 0.0274. The van der Waals surface area contributed by atoms with Crippen LogP contribution in [0.15, 0.2) is 35.1 Å². The van der Waals surface area contributed by atoms with Crippen molar-refractivity contribution in [2.24, 2.45) is 0 Å². The highest BCUT2D eigenvalue weighted by Crippen LogP contribution is 1.95. The number of ether oxygens (including phenoxy) is 1. The Hall–Kier alpha value is -2.37. The van der Waals surface area contributed by atoms with E-state index < -0.39 is 0 Å². The van der Waals surface area contributed by atoms with Gasteiger partial charge in [-0.3, -0.25) is 14.4 Å². The Morgan fingerprint density at radius 3 is 2.68 bits per heavy atom. The van der Waals surface area contributed by atoms with Gasteiger partial charge < -0.3 is 15.4 Å². The average Bonchev–Trinajstić information content (AvgIpc) is 2.61. The molecule has 0 aromatic heterocycles. The largest absolute Gasteiger partial charge is 0.469 e. The first-order valence-corrected chi connectivity index (χ1v) is 5.80. The molecular weight excluding hydrogens is 248 g/mol. The molecule has 0 aliphatic rings. The normalized spacial score (nSPS) is 9.53. The molecule has 0 atom stereocenters. The lowest BCUT2D eigenvalue weighted by Crippen LogP contribution is -2.32. The maximum atomic E-state index is 11.5. The van der Waals surface area contributed by atoms with E-state index in [9.17, 15) is 14.4 Å². The van der Waals surface area contributed by atoms with Gasteiger partial charge in [0, 0.05) is 6.54 Å². The quantitative estimate of drug-likeness (QED) is 0.714. The van der Waals surface area contributed by atoms with E-state index in [1.54, 1.807) is 24.3 Å². The van der Waals surface area contributed by atoms with Crippen molar-refractivity contribution in [3.05, 3.63) is 40.6 Å². The lowest BCUT2D eigenvalue weighted by molar-refractivity contribution is -0.140. The Bertz CT molecular complexity index is 502. The summed E-state index contributed by atoms with van der Waals surface area (Å²) in [5.41, 5.74) is 0.167. The predicted molar refractivity (Wildman–Crippen MR) is 70.8 cm³/mol. The Morgan fingerprint density at radius 2 is 1.95 bits per heavy atom. The molecular formula is C13H16N2O4. The molecule has 0 bridgehead atoms. The molecule has 1 rings (SSSR count). The van der Waals surface area contributed by atoms with Gasteiger partial charge in [0.05, 0.1) is 25.8 Å².